The van der Waals surface area contributed by atoms with Crippen molar-refractivity contribution >= 4 is 41.7 Å². The molecule has 6 heteroatoms. The summed E-state index contributed by atoms with van der Waals surface area (Å²) in [5.41, 5.74) is 0. The molecular weight excluding hydrogens is 395 g/mol. The van der Waals surface area contributed by atoms with Crippen molar-refractivity contribution in [3.8, 4) is 0 Å². The molecule has 0 amide bonds. The lowest BCUT2D eigenvalue weighted by atomic mass is 10.1. The molecule has 0 aromatic carbocycles. The van der Waals surface area contributed by atoms with Crippen molar-refractivity contribution in [3.63, 3.8) is 0 Å². The fourth-order valence-corrected chi connectivity index (χ4v) is 4.33. The van der Waals surface area contributed by atoms with E-state index in [1.54, 1.807) is 0 Å². The number of halogens is 1. The third-order valence-corrected chi connectivity index (χ3v) is 5.93. The van der Waals surface area contributed by atoms with Crippen molar-refractivity contribution < 1.29 is 0 Å². The zero-order chi connectivity index (χ0) is 14.5. The highest BCUT2D eigenvalue weighted by molar-refractivity contribution is 14.0. The van der Waals surface area contributed by atoms with Crippen molar-refractivity contribution in [1.82, 2.24) is 15.1 Å². The van der Waals surface area contributed by atoms with Gasteiger partial charge in [0, 0.05) is 44.2 Å². The molecule has 2 fully saturated rings. The summed E-state index contributed by atoms with van der Waals surface area (Å²) in [7, 11) is 4.12. The van der Waals surface area contributed by atoms with Crippen molar-refractivity contribution in [2.75, 3.05) is 52.6 Å². The molecule has 0 radical (unpaired) electrons. The van der Waals surface area contributed by atoms with Crippen LogP contribution in [0.1, 0.15) is 20.3 Å². The molecule has 0 aliphatic carbocycles. The first-order valence-electron chi connectivity index (χ1n) is 7.86. The van der Waals surface area contributed by atoms with Gasteiger partial charge in [0.1, 0.15) is 0 Å². The normalized spacial score (nSPS) is 27.9. The third-order valence-electron chi connectivity index (χ3n) is 4.39. The molecule has 2 aliphatic heterocycles. The second kappa shape index (κ2) is 9.45. The van der Waals surface area contributed by atoms with E-state index >= 15 is 0 Å². The van der Waals surface area contributed by atoms with Gasteiger partial charge in [-0.15, -0.1) is 24.0 Å². The van der Waals surface area contributed by atoms with Crippen LogP contribution in [0.4, 0.5) is 0 Å². The van der Waals surface area contributed by atoms with Gasteiger partial charge in [0.2, 0.25) is 0 Å². The van der Waals surface area contributed by atoms with E-state index in [9.17, 15) is 0 Å². The predicted molar refractivity (Wildman–Crippen MR) is 105 cm³/mol. The van der Waals surface area contributed by atoms with Gasteiger partial charge in [0.05, 0.1) is 0 Å². The Labute approximate surface area is 151 Å². The Morgan fingerprint density at radius 1 is 1.33 bits per heavy atom. The number of thioether (sulfide) groups is 1. The van der Waals surface area contributed by atoms with E-state index in [0.29, 0.717) is 0 Å². The average Bonchev–Trinajstić information content (AvgIpc) is 2.85. The molecule has 2 heterocycles. The van der Waals surface area contributed by atoms with E-state index in [-0.39, 0.29) is 24.0 Å². The molecule has 2 rings (SSSR count). The van der Waals surface area contributed by atoms with Gasteiger partial charge in [-0.2, -0.15) is 11.8 Å². The molecule has 21 heavy (non-hydrogen) atoms. The van der Waals surface area contributed by atoms with Crippen LogP contribution in [-0.4, -0.2) is 73.6 Å². The zero-order valence-corrected chi connectivity index (χ0v) is 17.0. The second-order valence-electron chi connectivity index (χ2n) is 6.44. The standard InChI is InChI=1S/C15H30N4S.HI/c1-12(2)14-11-19(7-8-20-14)15(16-3)17-9-13-5-6-18(4)10-13;/h12-14H,5-11H2,1-4H3,(H,16,17);1H. The molecule has 0 bridgehead atoms. The maximum absolute atomic E-state index is 4.49. The van der Waals surface area contributed by atoms with E-state index in [4.69, 9.17) is 0 Å². The lowest BCUT2D eigenvalue weighted by molar-refractivity contribution is 0.370. The van der Waals surface area contributed by atoms with Gasteiger partial charge in [-0.05, 0) is 31.8 Å². The smallest absolute Gasteiger partial charge is 0.193 e. The molecular formula is C15H31IN4S. The van der Waals surface area contributed by atoms with Gasteiger partial charge in [-0.25, -0.2) is 0 Å². The minimum absolute atomic E-state index is 0. The number of guanidine groups is 1. The number of rotatable bonds is 3. The fraction of sp³-hybridized carbons (Fsp3) is 0.933. The Bertz CT molecular complexity index is 338. The van der Waals surface area contributed by atoms with E-state index < -0.39 is 0 Å². The van der Waals surface area contributed by atoms with Crippen molar-refractivity contribution in [2.45, 2.75) is 25.5 Å². The number of aliphatic imine (C=N–C) groups is 1. The van der Waals surface area contributed by atoms with Crippen LogP contribution in [0.5, 0.6) is 0 Å². The lowest BCUT2D eigenvalue weighted by Crippen LogP contribution is -2.50. The average molecular weight is 426 g/mol. The highest BCUT2D eigenvalue weighted by Gasteiger charge is 2.26. The maximum atomic E-state index is 4.49. The van der Waals surface area contributed by atoms with Crippen LogP contribution in [0.25, 0.3) is 0 Å². The summed E-state index contributed by atoms with van der Waals surface area (Å²) < 4.78 is 0. The Morgan fingerprint density at radius 2 is 2.10 bits per heavy atom. The van der Waals surface area contributed by atoms with Crippen molar-refractivity contribution in [3.05, 3.63) is 0 Å². The molecule has 2 saturated heterocycles. The zero-order valence-electron chi connectivity index (χ0n) is 13.8. The molecule has 2 aliphatic rings. The quantitative estimate of drug-likeness (QED) is 0.426. The van der Waals surface area contributed by atoms with Crippen molar-refractivity contribution in [1.29, 1.82) is 0 Å². The molecule has 4 nitrogen and oxygen atoms in total. The number of likely N-dealkylation sites (tertiary alicyclic amines) is 1. The number of hydrogen-bond acceptors (Lipinski definition) is 3. The first-order chi connectivity index (χ1) is 9.60. The van der Waals surface area contributed by atoms with E-state index in [1.807, 2.05) is 7.05 Å². The van der Waals surface area contributed by atoms with Crippen LogP contribution in [0.3, 0.4) is 0 Å². The van der Waals surface area contributed by atoms with Crippen LogP contribution in [0, 0.1) is 11.8 Å². The third kappa shape index (κ3) is 5.78. The summed E-state index contributed by atoms with van der Waals surface area (Å²) in [6.07, 6.45) is 1.31. The lowest BCUT2D eigenvalue weighted by Gasteiger charge is -2.36. The predicted octanol–water partition coefficient (Wildman–Crippen LogP) is 2.20. The van der Waals surface area contributed by atoms with Crippen LogP contribution in [-0.2, 0) is 0 Å². The second-order valence-corrected chi connectivity index (χ2v) is 7.79. The molecule has 0 spiro atoms. The fourth-order valence-electron chi connectivity index (χ4n) is 3.03. The number of hydrogen-bond donors (Lipinski definition) is 1. The van der Waals surface area contributed by atoms with Gasteiger partial charge >= 0.3 is 0 Å². The molecule has 0 saturated carbocycles. The topological polar surface area (TPSA) is 30.9 Å². The minimum Gasteiger partial charge on any atom is -0.356 e. The highest BCUT2D eigenvalue weighted by Crippen LogP contribution is 2.24. The molecule has 0 aromatic heterocycles. The summed E-state index contributed by atoms with van der Waals surface area (Å²) in [6.45, 7) is 10.4. The van der Waals surface area contributed by atoms with Gasteiger partial charge in [-0.3, -0.25) is 4.99 Å². The molecule has 2 unspecified atom stereocenters. The maximum Gasteiger partial charge on any atom is 0.193 e. The molecule has 1 N–H and O–H groups in total. The summed E-state index contributed by atoms with van der Waals surface area (Å²) in [5, 5.41) is 4.34. The largest absolute Gasteiger partial charge is 0.356 e. The molecule has 124 valence electrons. The summed E-state index contributed by atoms with van der Waals surface area (Å²) >= 11 is 2.12. The SMILES string of the molecule is CN=C(NCC1CCN(C)C1)N1CCSC(C(C)C)C1.I. The van der Waals surface area contributed by atoms with Crippen LogP contribution in [0.2, 0.25) is 0 Å². The number of nitrogens with one attached hydrogen (secondary N) is 1. The van der Waals surface area contributed by atoms with Crippen LogP contribution < -0.4 is 5.32 Å². The highest BCUT2D eigenvalue weighted by atomic mass is 127. The van der Waals surface area contributed by atoms with E-state index in [1.165, 1.54) is 25.3 Å². The van der Waals surface area contributed by atoms with Crippen LogP contribution >= 0.6 is 35.7 Å². The van der Waals surface area contributed by atoms with E-state index in [2.05, 4.69) is 52.8 Å². The monoisotopic (exact) mass is 426 g/mol. The first kappa shape index (κ1) is 19.4. The summed E-state index contributed by atoms with van der Waals surface area (Å²) in [6, 6.07) is 0. The Morgan fingerprint density at radius 3 is 2.67 bits per heavy atom. The first-order valence-corrected chi connectivity index (χ1v) is 8.90. The number of nitrogens with zero attached hydrogens (tertiary/aromatic N) is 3. The Kier molecular flexibility index (Phi) is 8.71. The summed E-state index contributed by atoms with van der Waals surface area (Å²) in [4.78, 5) is 9.36. The summed E-state index contributed by atoms with van der Waals surface area (Å²) in [5.74, 6) is 3.84. The van der Waals surface area contributed by atoms with Gasteiger partial charge < -0.3 is 15.1 Å². The van der Waals surface area contributed by atoms with E-state index in [0.717, 1.165) is 42.7 Å². The van der Waals surface area contributed by atoms with Gasteiger partial charge in [0.15, 0.2) is 5.96 Å². The molecule has 0 aromatic rings. The minimum atomic E-state index is 0. The Hall–Kier alpha value is 0.310. The van der Waals surface area contributed by atoms with Crippen molar-refractivity contribution in [2.24, 2.45) is 16.8 Å². The Balaban J connectivity index is 0.00000220. The molecule has 2 atom stereocenters. The van der Waals surface area contributed by atoms with Gasteiger partial charge in [-0.1, -0.05) is 13.8 Å². The van der Waals surface area contributed by atoms with Crippen LogP contribution in [0.15, 0.2) is 4.99 Å². The van der Waals surface area contributed by atoms with Gasteiger partial charge in [0.25, 0.3) is 0 Å².